The minimum Gasteiger partial charge on any atom is -0.366 e. The number of hydrogen-bond donors (Lipinski definition) is 1. The van der Waals surface area contributed by atoms with Gasteiger partial charge in [0.2, 0.25) is 5.91 Å². The van der Waals surface area contributed by atoms with Gasteiger partial charge < -0.3 is 10.1 Å². The Balaban J connectivity index is 1.93. The van der Waals surface area contributed by atoms with Crippen LogP contribution >= 0.6 is 0 Å². The molecular weight excluding hydrogens is 266 g/mol. The molecule has 2 aromatic rings. The number of amides is 1. The van der Waals surface area contributed by atoms with Crippen molar-refractivity contribution in [1.29, 1.82) is 0 Å². The summed E-state index contributed by atoms with van der Waals surface area (Å²) in [5.74, 6) is -0.152. The predicted octanol–water partition coefficient (Wildman–Crippen LogP) is 2.69. The van der Waals surface area contributed by atoms with Gasteiger partial charge in [-0.25, -0.2) is 0 Å². The molecule has 2 rings (SSSR count). The lowest BCUT2D eigenvalue weighted by Gasteiger charge is -2.19. The van der Waals surface area contributed by atoms with Gasteiger partial charge >= 0.3 is 0 Å². The number of ether oxygens (including phenoxy) is 1. The van der Waals surface area contributed by atoms with E-state index in [1.165, 1.54) is 0 Å². The van der Waals surface area contributed by atoms with Crippen molar-refractivity contribution in [1.82, 2.24) is 9.78 Å². The summed E-state index contributed by atoms with van der Waals surface area (Å²) in [7, 11) is 0. The SMILES string of the molecule is CC(C)(C)OCC(=O)Nc1cccc(Cn2cccn2)c1. The highest BCUT2D eigenvalue weighted by molar-refractivity contribution is 5.91. The number of nitrogens with one attached hydrogen (secondary N) is 1. The Morgan fingerprint density at radius 1 is 1.33 bits per heavy atom. The molecule has 21 heavy (non-hydrogen) atoms. The Morgan fingerprint density at radius 3 is 2.81 bits per heavy atom. The lowest BCUT2D eigenvalue weighted by molar-refractivity contribution is -0.125. The lowest BCUT2D eigenvalue weighted by atomic mass is 10.2. The van der Waals surface area contributed by atoms with E-state index in [2.05, 4.69) is 10.4 Å². The second kappa shape index (κ2) is 6.54. The van der Waals surface area contributed by atoms with Crippen molar-refractivity contribution >= 4 is 11.6 Å². The number of aromatic nitrogens is 2. The van der Waals surface area contributed by atoms with Crippen molar-refractivity contribution in [3.8, 4) is 0 Å². The largest absolute Gasteiger partial charge is 0.366 e. The van der Waals surface area contributed by atoms with Crippen LogP contribution in [-0.4, -0.2) is 27.9 Å². The number of anilines is 1. The van der Waals surface area contributed by atoms with Crippen molar-refractivity contribution in [2.24, 2.45) is 0 Å². The van der Waals surface area contributed by atoms with Crippen molar-refractivity contribution in [2.45, 2.75) is 32.9 Å². The summed E-state index contributed by atoms with van der Waals surface area (Å²) in [6.07, 6.45) is 3.65. The van der Waals surface area contributed by atoms with Gasteiger partial charge in [-0.05, 0) is 44.5 Å². The minimum absolute atomic E-state index is 0.0485. The molecule has 0 saturated carbocycles. The molecule has 1 aromatic heterocycles. The molecule has 1 aromatic carbocycles. The van der Waals surface area contributed by atoms with Crippen LogP contribution in [0.2, 0.25) is 0 Å². The fourth-order valence-corrected chi connectivity index (χ4v) is 1.81. The van der Waals surface area contributed by atoms with Crippen LogP contribution in [0.1, 0.15) is 26.3 Å². The third-order valence-electron chi connectivity index (χ3n) is 2.75. The van der Waals surface area contributed by atoms with Gasteiger partial charge in [-0.3, -0.25) is 9.48 Å². The van der Waals surface area contributed by atoms with Gasteiger partial charge in [-0.1, -0.05) is 12.1 Å². The summed E-state index contributed by atoms with van der Waals surface area (Å²) in [6.45, 7) is 6.49. The molecule has 5 heteroatoms. The van der Waals surface area contributed by atoms with Crippen molar-refractivity contribution in [3.05, 3.63) is 48.3 Å². The standard InChI is InChI=1S/C16H21N3O2/c1-16(2,3)21-12-15(20)18-14-7-4-6-13(10-14)11-19-9-5-8-17-19/h4-10H,11-12H2,1-3H3,(H,18,20). The quantitative estimate of drug-likeness (QED) is 0.920. The van der Waals surface area contributed by atoms with Crippen LogP contribution in [0.15, 0.2) is 42.7 Å². The van der Waals surface area contributed by atoms with Crippen LogP contribution in [0.4, 0.5) is 5.69 Å². The van der Waals surface area contributed by atoms with Gasteiger partial charge in [0.25, 0.3) is 0 Å². The van der Waals surface area contributed by atoms with Gasteiger partial charge in [-0.15, -0.1) is 0 Å². The van der Waals surface area contributed by atoms with E-state index in [1.807, 2.05) is 62.0 Å². The number of rotatable bonds is 5. The second-order valence-electron chi connectivity index (χ2n) is 5.85. The predicted molar refractivity (Wildman–Crippen MR) is 82.1 cm³/mol. The molecule has 0 saturated heterocycles. The maximum Gasteiger partial charge on any atom is 0.250 e. The van der Waals surface area contributed by atoms with E-state index in [0.29, 0.717) is 6.54 Å². The van der Waals surface area contributed by atoms with Crippen LogP contribution in [0, 0.1) is 0 Å². The normalized spacial score (nSPS) is 11.4. The number of carbonyl (C=O) groups is 1. The van der Waals surface area contributed by atoms with E-state index < -0.39 is 0 Å². The maximum absolute atomic E-state index is 11.8. The first-order valence-electron chi connectivity index (χ1n) is 6.92. The van der Waals surface area contributed by atoms with Crippen LogP contribution in [0.25, 0.3) is 0 Å². The molecule has 0 aliphatic carbocycles. The fourth-order valence-electron chi connectivity index (χ4n) is 1.81. The highest BCUT2D eigenvalue weighted by atomic mass is 16.5. The van der Waals surface area contributed by atoms with Gasteiger partial charge in [-0.2, -0.15) is 5.10 Å². The first-order valence-corrected chi connectivity index (χ1v) is 6.92. The third kappa shape index (κ3) is 5.39. The highest BCUT2D eigenvalue weighted by Gasteiger charge is 2.13. The van der Waals surface area contributed by atoms with E-state index in [1.54, 1.807) is 6.20 Å². The zero-order chi connectivity index (χ0) is 15.3. The molecule has 0 bridgehead atoms. The van der Waals surface area contributed by atoms with Gasteiger partial charge in [0.05, 0.1) is 12.1 Å². The van der Waals surface area contributed by atoms with Gasteiger partial charge in [0.1, 0.15) is 6.61 Å². The topological polar surface area (TPSA) is 56.1 Å². The Bertz CT molecular complexity index is 586. The average Bonchev–Trinajstić information content (AvgIpc) is 2.89. The second-order valence-corrected chi connectivity index (χ2v) is 5.85. The van der Waals surface area contributed by atoms with Gasteiger partial charge in [0.15, 0.2) is 0 Å². The lowest BCUT2D eigenvalue weighted by Crippen LogP contribution is -2.27. The zero-order valence-corrected chi connectivity index (χ0v) is 12.7. The molecule has 1 N–H and O–H groups in total. The number of carbonyl (C=O) groups excluding carboxylic acids is 1. The smallest absolute Gasteiger partial charge is 0.250 e. The molecule has 0 radical (unpaired) electrons. The molecule has 0 aliphatic rings. The molecule has 112 valence electrons. The van der Waals surface area contributed by atoms with E-state index >= 15 is 0 Å². The molecular formula is C16H21N3O2. The average molecular weight is 287 g/mol. The number of hydrogen-bond acceptors (Lipinski definition) is 3. The zero-order valence-electron chi connectivity index (χ0n) is 12.7. The summed E-state index contributed by atoms with van der Waals surface area (Å²) in [6, 6.07) is 9.61. The van der Waals surface area contributed by atoms with E-state index in [4.69, 9.17) is 4.74 Å². The number of benzene rings is 1. The number of nitrogens with zero attached hydrogens (tertiary/aromatic N) is 2. The summed E-state index contributed by atoms with van der Waals surface area (Å²) < 4.78 is 7.29. The summed E-state index contributed by atoms with van der Waals surface area (Å²) in [5, 5.41) is 7.01. The van der Waals surface area contributed by atoms with Gasteiger partial charge in [0, 0.05) is 18.1 Å². The Hall–Kier alpha value is -2.14. The van der Waals surface area contributed by atoms with Crippen LogP contribution in [0.3, 0.4) is 0 Å². The molecule has 0 aliphatic heterocycles. The van der Waals surface area contributed by atoms with Crippen molar-refractivity contribution in [3.63, 3.8) is 0 Å². The Morgan fingerprint density at radius 2 is 2.14 bits per heavy atom. The molecule has 0 spiro atoms. The highest BCUT2D eigenvalue weighted by Crippen LogP contribution is 2.12. The first kappa shape index (κ1) is 15.3. The van der Waals surface area contributed by atoms with Crippen molar-refractivity contribution in [2.75, 3.05) is 11.9 Å². The monoisotopic (exact) mass is 287 g/mol. The molecule has 0 fully saturated rings. The molecule has 5 nitrogen and oxygen atoms in total. The van der Waals surface area contributed by atoms with Crippen LogP contribution in [0.5, 0.6) is 0 Å². The fraction of sp³-hybridized carbons (Fsp3) is 0.375. The first-order chi connectivity index (χ1) is 9.92. The van der Waals surface area contributed by atoms with Crippen LogP contribution < -0.4 is 5.32 Å². The Labute approximate surface area is 124 Å². The molecule has 0 atom stereocenters. The maximum atomic E-state index is 11.8. The third-order valence-corrected chi connectivity index (χ3v) is 2.75. The summed E-state index contributed by atoms with van der Waals surface area (Å²) in [4.78, 5) is 11.8. The summed E-state index contributed by atoms with van der Waals surface area (Å²) >= 11 is 0. The van der Waals surface area contributed by atoms with Crippen molar-refractivity contribution < 1.29 is 9.53 Å². The van der Waals surface area contributed by atoms with Crippen LogP contribution in [-0.2, 0) is 16.1 Å². The van der Waals surface area contributed by atoms with E-state index in [0.717, 1.165) is 11.3 Å². The molecule has 1 amide bonds. The van der Waals surface area contributed by atoms with E-state index in [-0.39, 0.29) is 18.1 Å². The summed E-state index contributed by atoms with van der Waals surface area (Å²) in [5.41, 5.74) is 1.52. The molecule has 0 unspecified atom stereocenters. The molecule has 1 heterocycles. The minimum atomic E-state index is -0.320. The van der Waals surface area contributed by atoms with E-state index in [9.17, 15) is 4.79 Å². The Kier molecular flexibility index (Phi) is 4.75.